The van der Waals surface area contributed by atoms with E-state index in [0.717, 1.165) is 36.9 Å². The zero-order valence-electron chi connectivity index (χ0n) is 19.8. The van der Waals surface area contributed by atoms with Gasteiger partial charge in [0.1, 0.15) is 23.1 Å². The summed E-state index contributed by atoms with van der Waals surface area (Å²) < 4.78 is 5.72. The topological polar surface area (TPSA) is 92.4 Å². The molecular weight excluding hydrogens is 484 g/mol. The van der Waals surface area contributed by atoms with Crippen molar-refractivity contribution in [3.63, 3.8) is 0 Å². The molecule has 0 spiro atoms. The summed E-state index contributed by atoms with van der Waals surface area (Å²) in [5, 5.41) is 12.1. The number of carbonyl (C=O) groups is 2. The molecule has 35 heavy (non-hydrogen) atoms. The molecule has 0 saturated heterocycles. The van der Waals surface area contributed by atoms with Crippen LogP contribution in [0.25, 0.3) is 0 Å². The summed E-state index contributed by atoms with van der Waals surface area (Å²) in [6.45, 7) is 4.32. The summed E-state index contributed by atoms with van der Waals surface area (Å²) in [4.78, 5) is 29.9. The van der Waals surface area contributed by atoms with Crippen LogP contribution in [-0.2, 0) is 6.61 Å². The van der Waals surface area contributed by atoms with Crippen LogP contribution in [0, 0.1) is 13.8 Å². The molecule has 184 valence electrons. The Balaban J connectivity index is 1.31. The number of hydrogen-bond donors (Lipinski definition) is 3. The summed E-state index contributed by atoms with van der Waals surface area (Å²) in [6.07, 6.45) is 3.61. The fraction of sp³-hybridized carbons (Fsp3) is 0.346. The highest BCUT2D eigenvalue weighted by atomic mass is 35.5. The molecule has 1 aliphatic rings. The van der Waals surface area contributed by atoms with Crippen LogP contribution in [0.4, 0.5) is 10.5 Å². The van der Waals surface area contributed by atoms with Crippen molar-refractivity contribution in [3.05, 3.63) is 74.7 Å². The number of amides is 3. The summed E-state index contributed by atoms with van der Waals surface area (Å²) in [5.74, 6) is 0.443. The Kier molecular flexibility index (Phi) is 8.25. The molecule has 3 N–H and O–H groups in total. The molecule has 1 heterocycles. The van der Waals surface area contributed by atoms with Crippen molar-refractivity contribution < 1.29 is 14.3 Å². The van der Waals surface area contributed by atoms with Gasteiger partial charge < -0.3 is 20.7 Å². The van der Waals surface area contributed by atoms with Crippen molar-refractivity contribution in [2.75, 3.05) is 5.32 Å². The minimum absolute atomic E-state index is 0.148. The van der Waals surface area contributed by atoms with Crippen molar-refractivity contribution in [1.82, 2.24) is 15.6 Å². The molecule has 1 saturated carbocycles. The lowest BCUT2D eigenvalue weighted by Gasteiger charge is -2.32. The van der Waals surface area contributed by atoms with Gasteiger partial charge in [0.25, 0.3) is 5.91 Å². The van der Waals surface area contributed by atoms with E-state index in [1.807, 2.05) is 32.0 Å². The van der Waals surface area contributed by atoms with Crippen LogP contribution in [0.2, 0.25) is 5.02 Å². The highest BCUT2D eigenvalue weighted by Crippen LogP contribution is 2.21. The molecular formula is C26H29ClN4O3S. The molecule has 3 amide bonds. The normalized spacial score (nSPS) is 17.5. The summed E-state index contributed by atoms with van der Waals surface area (Å²) in [5.41, 5.74) is 3.39. The maximum absolute atomic E-state index is 12.9. The Hall–Kier alpha value is -3.10. The van der Waals surface area contributed by atoms with E-state index in [9.17, 15) is 9.59 Å². The van der Waals surface area contributed by atoms with Crippen LogP contribution in [0.15, 0.2) is 47.8 Å². The van der Waals surface area contributed by atoms with E-state index in [1.54, 1.807) is 29.6 Å². The fourth-order valence-corrected chi connectivity index (χ4v) is 4.84. The lowest BCUT2D eigenvalue weighted by molar-refractivity contribution is 0.0911. The zero-order chi connectivity index (χ0) is 24.8. The predicted octanol–water partition coefficient (Wildman–Crippen LogP) is 5.86. The third-order valence-corrected chi connectivity index (χ3v) is 7.20. The van der Waals surface area contributed by atoms with E-state index in [4.69, 9.17) is 16.3 Å². The van der Waals surface area contributed by atoms with Crippen LogP contribution in [0.5, 0.6) is 5.75 Å². The zero-order valence-corrected chi connectivity index (χ0v) is 21.3. The first-order chi connectivity index (χ1) is 16.9. The number of rotatable bonds is 7. The lowest BCUT2D eigenvalue weighted by atomic mass is 9.90. The summed E-state index contributed by atoms with van der Waals surface area (Å²) in [7, 11) is 0. The van der Waals surface area contributed by atoms with Gasteiger partial charge in [-0.3, -0.25) is 4.79 Å². The third-order valence-electron chi connectivity index (χ3n) is 6.12. The van der Waals surface area contributed by atoms with Gasteiger partial charge in [-0.2, -0.15) is 0 Å². The Morgan fingerprint density at radius 3 is 2.46 bits per heavy atom. The first kappa shape index (κ1) is 25.0. The standard InChI is InChI=1S/C26H29ClN4O3S/c1-16-7-10-19(13-17(16)2)28-26(33)31-22-6-4-3-5-21(22)30-25(32)23-15-35-24(29-23)14-34-20-11-8-18(27)9-12-20/h7-13,15,21-22H,3-6,14H2,1-2H3,(H,30,32)(H2,28,31,33)/t21-,22-/m1/s1. The quantitative estimate of drug-likeness (QED) is 0.370. The average Bonchev–Trinajstić information content (AvgIpc) is 3.32. The number of benzene rings is 2. The summed E-state index contributed by atoms with van der Waals surface area (Å²) >= 11 is 7.27. The molecule has 1 fully saturated rings. The molecule has 3 aromatic rings. The first-order valence-corrected chi connectivity index (χ1v) is 12.9. The van der Waals surface area contributed by atoms with Crippen LogP contribution in [-0.4, -0.2) is 29.0 Å². The number of hydrogen-bond acceptors (Lipinski definition) is 5. The van der Waals surface area contributed by atoms with E-state index in [2.05, 4.69) is 20.9 Å². The van der Waals surface area contributed by atoms with Gasteiger partial charge in [-0.1, -0.05) is 30.5 Å². The maximum Gasteiger partial charge on any atom is 0.319 e. The number of aromatic nitrogens is 1. The largest absolute Gasteiger partial charge is 0.486 e. The predicted molar refractivity (Wildman–Crippen MR) is 139 cm³/mol. The van der Waals surface area contributed by atoms with Crippen molar-refractivity contribution in [1.29, 1.82) is 0 Å². The number of thiazole rings is 1. The Morgan fingerprint density at radius 1 is 1.03 bits per heavy atom. The number of nitrogens with zero attached hydrogens (tertiary/aromatic N) is 1. The summed E-state index contributed by atoms with van der Waals surface area (Å²) in [6, 6.07) is 12.3. The SMILES string of the molecule is Cc1ccc(NC(=O)N[C@@H]2CCCC[C@H]2NC(=O)c2csc(COc3ccc(Cl)cc3)n2)cc1C. The Morgan fingerprint density at radius 2 is 1.74 bits per heavy atom. The molecule has 0 unspecified atom stereocenters. The van der Waals surface area contributed by atoms with E-state index in [1.165, 1.54) is 16.9 Å². The van der Waals surface area contributed by atoms with E-state index in [0.29, 0.717) is 21.5 Å². The highest BCUT2D eigenvalue weighted by molar-refractivity contribution is 7.09. The monoisotopic (exact) mass is 512 g/mol. The number of nitrogens with one attached hydrogen (secondary N) is 3. The molecule has 2 aromatic carbocycles. The van der Waals surface area contributed by atoms with Gasteiger partial charge in [-0.25, -0.2) is 9.78 Å². The van der Waals surface area contributed by atoms with Gasteiger partial charge in [-0.15, -0.1) is 11.3 Å². The van der Waals surface area contributed by atoms with E-state index >= 15 is 0 Å². The van der Waals surface area contributed by atoms with Gasteiger partial charge >= 0.3 is 6.03 Å². The average molecular weight is 513 g/mol. The molecule has 1 aromatic heterocycles. The second-order valence-electron chi connectivity index (χ2n) is 8.74. The van der Waals surface area contributed by atoms with Crippen molar-refractivity contribution in [3.8, 4) is 5.75 Å². The van der Waals surface area contributed by atoms with E-state index in [-0.39, 0.29) is 30.6 Å². The molecule has 0 bridgehead atoms. The molecule has 1 aliphatic carbocycles. The molecule has 9 heteroatoms. The number of carbonyl (C=O) groups excluding carboxylic acids is 2. The van der Waals surface area contributed by atoms with E-state index < -0.39 is 0 Å². The number of anilines is 1. The minimum Gasteiger partial charge on any atom is -0.486 e. The van der Waals surface area contributed by atoms with Gasteiger partial charge in [0, 0.05) is 22.1 Å². The molecule has 0 aliphatic heterocycles. The molecule has 4 rings (SSSR count). The highest BCUT2D eigenvalue weighted by Gasteiger charge is 2.28. The van der Waals surface area contributed by atoms with Gasteiger partial charge in [-0.05, 0) is 74.2 Å². The first-order valence-electron chi connectivity index (χ1n) is 11.7. The van der Waals surface area contributed by atoms with Crippen molar-refractivity contribution in [2.45, 2.75) is 58.2 Å². The Bertz CT molecular complexity index is 1180. The number of ether oxygens (including phenoxy) is 1. The van der Waals surface area contributed by atoms with Crippen LogP contribution < -0.4 is 20.7 Å². The van der Waals surface area contributed by atoms with Crippen molar-refractivity contribution in [2.24, 2.45) is 0 Å². The van der Waals surface area contributed by atoms with Gasteiger partial charge in [0.05, 0.1) is 6.04 Å². The molecule has 2 atom stereocenters. The van der Waals surface area contributed by atoms with Crippen molar-refractivity contribution >= 4 is 40.6 Å². The van der Waals surface area contributed by atoms with Crippen LogP contribution in [0.3, 0.4) is 0 Å². The van der Waals surface area contributed by atoms with Crippen LogP contribution in [0.1, 0.15) is 52.3 Å². The third kappa shape index (κ3) is 6.96. The number of aryl methyl sites for hydroxylation is 2. The minimum atomic E-state index is -0.269. The van der Waals surface area contributed by atoms with Gasteiger partial charge in [0.15, 0.2) is 0 Å². The molecule has 0 radical (unpaired) electrons. The van der Waals surface area contributed by atoms with Crippen LogP contribution >= 0.6 is 22.9 Å². The number of urea groups is 1. The smallest absolute Gasteiger partial charge is 0.319 e. The molecule has 7 nitrogen and oxygen atoms in total. The Labute approximate surface area is 214 Å². The second kappa shape index (κ2) is 11.6. The van der Waals surface area contributed by atoms with Gasteiger partial charge in [0.2, 0.25) is 0 Å². The lowest BCUT2D eigenvalue weighted by Crippen LogP contribution is -2.54. The maximum atomic E-state index is 12.9. The fourth-order valence-electron chi connectivity index (χ4n) is 4.03. The number of halogens is 1. The second-order valence-corrected chi connectivity index (χ2v) is 10.1.